The first-order valence-corrected chi connectivity index (χ1v) is 10.7. The molecule has 3 N–H and O–H groups in total. The van der Waals surface area contributed by atoms with Gasteiger partial charge >= 0.3 is 5.97 Å². The van der Waals surface area contributed by atoms with Crippen LogP contribution >= 0.6 is 0 Å². The molecule has 0 saturated carbocycles. The lowest BCUT2D eigenvalue weighted by Crippen LogP contribution is -2.33. The number of aliphatic carboxylic acids is 1. The van der Waals surface area contributed by atoms with Crippen LogP contribution in [0.3, 0.4) is 0 Å². The minimum absolute atomic E-state index is 0.0122. The van der Waals surface area contributed by atoms with Gasteiger partial charge in [0.2, 0.25) is 0 Å². The summed E-state index contributed by atoms with van der Waals surface area (Å²) in [7, 11) is 0. The third-order valence-electron chi connectivity index (χ3n) is 5.91. The molecule has 2 amide bonds. The van der Waals surface area contributed by atoms with E-state index in [1.165, 1.54) is 29.0 Å². The molecule has 1 aromatic carbocycles. The molecule has 1 atom stereocenters. The number of rotatable bonds is 7. The fraction of sp³-hybridized carbons (Fsp3) is 0.304. The number of hydrogen-bond acceptors (Lipinski definition) is 6. The van der Waals surface area contributed by atoms with Crippen molar-refractivity contribution in [3.8, 4) is 0 Å². The molecular formula is C23H23FN6O4. The highest BCUT2D eigenvalue weighted by atomic mass is 19.1. The molecule has 4 rings (SSSR count). The minimum atomic E-state index is -0.831. The first-order chi connectivity index (χ1) is 16.2. The molecule has 0 spiro atoms. The van der Waals surface area contributed by atoms with Crippen molar-refractivity contribution in [1.82, 2.24) is 30.2 Å². The number of hydrogen-bond donors (Lipinski definition) is 3. The molecule has 0 bridgehead atoms. The maximum Gasteiger partial charge on any atom is 0.309 e. The Morgan fingerprint density at radius 2 is 1.88 bits per heavy atom. The fourth-order valence-corrected chi connectivity index (χ4v) is 3.61. The zero-order valence-corrected chi connectivity index (χ0v) is 18.4. The largest absolute Gasteiger partial charge is 0.481 e. The number of carboxylic acids is 1. The van der Waals surface area contributed by atoms with Crippen molar-refractivity contribution in [3.05, 3.63) is 71.1 Å². The average Bonchev–Trinajstić information content (AvgIpc) is 3.31. The molecule has 0 aliphatic heterocycles. The number of nitrogens with zero attached hydrogens (tertiary/aromatic N) is 4. The second-order valence-electron chi connectivity index (χ2n) is 8.42. The molecular weight excluding hydrogens is 443 g/mol. The van der Waals surface area contributed by atoms with Gasteiger partial charge in [-0.15, -0.1) is 0 Å². The van der Waals surface area contributed by atoms with Gasteiger partial charge in [-0.1, -0.05) is 23.8 Å². The van der Waals surface area contributed by atoms with Crippen LogP contribution in [0.1, 0.15) is 52.7 Å². The van der Waals surface area contributed by atoms with Crippen LogP contribution < -0.4 is 10.6 Å². The molecule has 3 aromatic rings. The monoisotopic (exact) mass is 466 g/mol. The molecule has 0 fully saturated rings. The van der Waals surface area contributed by atoms with E-state index < -0.39 is 23.2 Å². The SMILES string of the molecule is CC1(C(=O)O)CC=C(CNC(=O)c2cc(C(=O)NCc3ccc(F)cc3)nc3ncnn23)CC1. The topological polar surface area (TPSA) is 139 Å². The maximum atomic E-state index is 13.1. The lowest BCUT2D eigenvalue weighted by molar-refractivity contribution is -0.148. The highest BCUT2D eigenvalue weighted by Crippen LogP contribution is 2.34. The van der Waals surface area contributed by atoms with Crippen molar-refractivity contribution >= 4 is 23.6 Å². The normalized spacial score (nSPS) is 17.8. The van der Waals surface area contributed by atoms with E-state index in [-0.39, 0.29) is 36.1 Å². The summed E-state index contributed by atoms with van der Waals surface area (Å²) in [5.74, 6) is -2.11. The molecule has 176 valence electrons. The zero-order chi connectivity index (χ0) is 24.3. The number of halogens is 1. The van der Waals surface area contributed by atoms with E-state index in [2.05, 4.69) is 25.7 Å². The first kappa shape index (κ1) is 23.0. The van der Waals surface area contributed by atoms with E-state index in [0.717, 1.165) is 5.57 Å². The van der Waals surface area contributed by atoms with Crippen molar-refractivity contribution in [2.75, 3.05) is 6.54 Å². The van der Waals surface area contributed by atoms with Gasteiger partial charge in [0.05, 0.1) is 5.41 Å². The van der Waals surface area contributed by atoms with E-state index >= 15 is 0 Å². The molecule has 2 aromatic heterocycles. The predicted octanol–water partition coefficient (Wildman–Crippen LogP) is 2.12. The Kier molecular flexibility index (Phi) is 6.35. The predicted molar refractivity (Wildman–Crippen MR) is 118 cm³/mol. The van der Waals surface area contributed by atoms with Gasteiger partial charge in [-0.3, -0.25) is 14.4 Å². The number of benzene rings is 1. The zero-order valence-electron chi connectivity index (χ0n) is 18.4. The lowest BCUT2D eigenvalue weighted by atomic mass is 9.76. The molecule has 10 nitrogen and oxygen atoms in total. The third-order valence-corrected chi connectivity index (χ3v) is 5.91. The molecule has 34 heavy (non-hydrogen) atoms. The van der Waals surface area contributed by atoms with Crippen molar-refractivity contribution in [1.29, 1.82) is 0 Å². The number of aromatic nitrogens is 4. The van der Waals surface area contributed by atoms with Crippen molar-refractivity contribution in [3.63, 3.8) is 0 Å². The second kappa shape index (κ2) is 9.38. The summed E-state index contributed by atoms with van der Waals surface area (Å²) in [6.07, 6.45) is 4.54. The standard InChI is InChI=1S/C23H23FN6O4/c1-23(21(33)34)8-6-15(7-9-23)12-26-20(32)18-10-17(29-22-27-13-28-30(18)22)19(31)25-11-14-2-4-16(24)5-3-14/h2-6,10,13H,7-9,11-12H2,1H3,(H,25,31)(H,26,32)(H,33,34). The Hall–Kier alpha value is -4.15. The Morgan fingerprint density at radius 3 is 2.56 bits per heavy atom. The maximum absolute atomic E-state index is 13.1. The van der Waals surface area contributed by atoms with Crippen LogP contribution in [0.5, 0.6) is 0 Å². The van der Waals surface area contributed by atoms with Crippen LogP contribution in [0, 0.1) is 11.2 Å². The van der Waals surface area contributed by atoms with E-state index in [0.29, 0.717) is 24.8 Å². The van der Waals surface area contributed by atoms with Crippen LogP contribution in [0.15, 0.2) is 48.3 Å². The molecule has 1 aliphatic carbocycles. The Balaban J connectivity index is 1.45. The van der Waals surface area contributed by atoms with E-state index in [1.807, 2.05) is 6.08 Å². The molecule has 2 heterocycles. The number of carboxylic acid groups (broad SMARTS) is 1. The second-order valence-corrected chi connectivity index (χ2v) is 8.42. The molecule has 1 unspecified atom stereocenters. The lowest BCUT2D eigenvalue weighted by Gasteiger charge is -2.28. The van der Waals surface area contributed by atoms with Crippen LogP contribution in [0.4, 0.5) is 4.39 Å². The summed E-state index contributed by atoms with van der Waals surface area (Å²) in [5.41, 5.74) is 0.925. The highest BCUT2D eigenvalue weighted by molar-refractivity contribution is 5.98. The Morgan fingerprint density at radius 1 is 1.15 bits per heavy atom. The number of nitrogens with one attached hydrogen (secondary N) is 2. The van der Waals surface area contributed by atoms with Gasteiger partial charge in [-0.05, 0) is 43.9 Å². The smallest absolute Gasteiger partial charge is 0.309 e. The summed E-state index contributed by atoms with van der Waals surface area (Å²) in [6.45, 7) is 2.12. The van der Waals surface area contributed by atoms with Crippen LogP contribution in [0.2, 0.25) is 0 Å². The van der Waals surface area contributed by atoms with Gasteiger partial charge in [-0.25, -0.2) is 9.37 Å². The number of allylic oxidation sites excluding steroid dienone is 1. The summed E-state index contributed by atoms with van der Waals surface area (Å²) >= 11 is 0. The molecule has 0 saturated heterocycles. The van der Waals surface area contributed by atoms with Gasteiger partial charge in [0, 0.05) is 19.2 Å². The number of carbonyl (C=O) groups excluding carboxylic acids is 2. The van der Waals surface area contributed by atoms with Gasteiger partial charge in [0.15, 0.2) is 0 Å². The number of carbonyl (C=O) groups is 3. The fourth-order valence-electron chi connectivity index (χ4n) is 3.61. The summed E-state index contributed by atoms with van der Waals surface area (Å²) < 4.78 is 14.3. The molecule has 0 radical (unpaired) electrons. The third kappa shape index (κ3) is 4.92. The quantitative estimate of drug-likeness (QED) is 0.453. The summed E-state index contributed by atoms with van der Waals surface area (Å²) in [5, 5.41) is 18.8. The van der Waals surface area contributed by atoms with E-state index in [4.69, 9.17) is 0 Å². The van der Waals surface area contributed by atoms with Gasteiger partial charge < -0.3 is 15.7 Å². The minimum Gasteiger partial charge on any atom is -0.481 e. The Bertz CT molecular complexity index is 1290. The highest BCUT2D eigenvalue weighted by Gasteiger charge is 2.34. The summed E-state index contributed by atoms with van der Waals surface area (Å²) in [4.78, 5) is 45.1. The van der Waals surface area contributed by atoms with Gasteiger partial charge in [0.1, 0.15) is 23.5 Å². The molecule has 11 heteroatoms. The first-order valence-electron chi connectivity index (χ1n) is 10.7. The van der Waals surface area contributed by atoms with Gasteiger partial charge in [-0.2, -0.15) is 14.6 Å². The van der Waals surface area contributed by atoms with Crippen LogP contribution in [-0.2, 0) is 11.3 Å². The van der Waals surface area contributed by atoms with Crippen LogP contribution in [0.25, 0.3) is 5.78 Å². The molecule has 1 aliphatic rings. The number of amides is 2. The van der Waals surface area contributed by atoms with Crippen molar-refractivity contribution < 1.29 is 23.9 Å². The Labute approximate surface area is 193 Å². The summed E-state index contributed by atoms with van der Waals surface area (Å²) in [6, 6.07) is 7.04. The van der Waals surface area contributed by atoms with Gasteiger partial charge in [0.25, 0.3) is 17.6 Å². The van der Waals surface area contributed by atoms with E-state index in [1.54, 1.807) is 19.1 Å². The van der Waals surface area contributed by atoms with Crippen molar-refractivity contribution in [2.24, 2.45) is 5.41 Å². The number of fused-ring (bicyclic) bond motifs is 1. The van der Waals surface area contributed by atoms with Crippen LogP contribution in [-0.4, -0.2) is 49.0 Å². The van der Waals surface area contributed by atoms with E-state index in [9.17, 15) is 23.9 Å². The average molecular weight is 466 g/mol. The van der Waals surface area contributed by atoms with Crippen molar-refractivity contribution in [2.45, 2.75) is 32.7 Å².